The quantitative estimate of drug-likeness (QED) is 0.345. The third kappa shape index (κ3) is 3.57. The van der Waals surface area contributed by atoms with E-state index in [0.717, 1.165) is 4.47 Å². The largest absolute Gasteiger partial charge is 0.455 e. The zero-order valence-electron chi connectivity index (χ0n) is 14.5. The lowest BCUT2D eigenvalue weighted by Gasteiger charge is -2.05. The van der Waals surface area contributed by atoms with Crippen LogP contribution in [0.25, 0.3) is 22.2 Å². The van der Waals surface area contributed by atoms with E-state index in [1.807, 2.05) is 6.07 Å². The number of rotatable bonds is 3. The van der Waals surface area contributed by atoms with Crippen molar-refractivity contribution < 1.29 is 8.81 Å². The highest BCUT2D eigenvalue weighted by Gasteiger charge is 2.10. The Bertz CT molecular complexity index is 1290. The molecule has 0 spiro atoms. The van der Waals surface area contributed by atoms with Crippen LogP contribution < -0.4 is 5.56 Å². The lowest BCUT2D eigenvalue weighted by Crippen LogP contribution is -2.20. The Labute approximate surface area is 175 Å². The fourth-order valence-electron chi connectivity index (χ4n) is 2.77. The predicted molar refractivity (Wildman–Crippen MR) is 113 cm³/mol. The zero-order chi connectivity index (χ0) is 19.8. The highest BCUT2D eigenvalue weighted by Crippen LogP contribution is 2.30. The fraction of sp³-hybridized carbons (Fsp3) is 0.0500. The van der Waals surface area contributed by atoms with Gasteiger partial charge in [-0.3, -0.25) is 4.79 Å². The Kier molecular flexibility index (Phi) is 4.99. The molecule has 0 amide bonds. The van der Waals surface area contributed by atoms with Crippen molar-refractivity contribution in [1.82, 2.24) is 9.66 Å². The van der Waals surface area contributed by atoms with Gasteiger partial charge in [-0.15, -0.1) is 0 Å². The summed E-state index contributed by atoms with van der Waals surface area (Å²) in [6.07, 6.45) is 1.45. The number of aromatic nitrogens is 2. The third-order valence-corrected chi connectivity index (χ3v) is 5.24. The second-order valence-corrected chi connectivity index (χ2v) is 7.78. The Morgan fingerprint density at radius 1 is 1.14 bits per heavy atom. The molecule has 4 aromatic rings. The molecular weight excluding hydrogens is 493 g/mol. The van der Waals surface area contributed by atoms with E-state index in [0.29, 0.717) is 38.3 Å². The minimum atomic E-state index is -0.339. The predicted octanol–water partition coefficient (Wildman–Crippen LogP) is 5.51. The Morgan fingerprint density at radius 2 is 1.96 bits per heavy atom. The summed E-state index contributed by atoms with van der Waals surface area (Å²) in [6, 6.07) is 13.2. The molecule has 0 aliphatic heterocycles. The molecule has 8 heteroatoms. The van der Waals surface area contributed by atoms with Crippen LogP contribution in [0.15, 0.2) is 71.8 Å². The van der Waals surface area contributed by atoms with Crippen LogP contribution >= 0.6 is 31.9 Å². The molecule has 2 heterocycles. The second kappa shape index (κ2) is 7.44. The van der Waals surface area contributed by atoms with Crippen LogP contribution in [0.1, 0.15) is 11.6 Å². The molecule has 0 aliphatic rings. The van der Waals surface area contributed by atoms with E-state index >= 15 is 0 Å². The molecule has 0 aliphatic carbocycles. The monoisotopic (exact) mass is 503 g/mol. The highest BCUT2D eigenvalue weighted by atomic mass is 79.9. The molecular formula is C20H12Br2FN3O2. The van der Waals surface area contributed by atoms with Gasteiger partial charge in [0.2, 0.25) is 0 Å². The summed E-state index contributed by atoms with van der Waals surface area (Å²) < 4.78 is 21.6. The van der Waals surface area contributed by atoms with Gasteiger partial charge in [0.25, 0.3) is 5.56 Å². The van der Waals surface area contributed by atoms with Gasteiger partial charge in [0.15, 0.2) is 0 Å². The molecule has 0 N–H and O–H groups in total. The number of fused-ring (bicyclic) bond motifs is 1. The third-order valence-electron chi connectivity index (χ3n) is 4.09. The maximum Gasteiger partial charge on any atom is 0.282 e. The Hall–Kier alpha value is -2.58. The van der Waals surface area contributed by atoms with Gasteiger partial charge in [0, 0.05) is 14.5 Å². The van der Waals surface area contributed by atoms with E-state index in [1.54, 1.807) is 37.3 Å². The minimum Gasteiger partial charge on any atom is -0.455 e. The van der Waals surface area contributed by atoms with Crippen LogP contribution in [-0.2, 0) is 0 Å². The van der Waals surface area contributed by atoms with Crippen molar-refractivity contribution >= 4 is 49.0 Å². The minimum absolute atomic E-state index is 0.270. The maximum absolute atomic E-state index is 13.3. The summed E-state index contributed by atoms with van der Waals surface area (Å²) in [6.45, 7) is 1.71. The lowest BCUT2D eigenvalue weighted by atomic mass is 10.2. The van der Waals surface area contributed by atoms with E-state index in [2.05, 4.69) is 41.9 Å². The van der Waals surface area contributed by atoms with Crippen molar-refractivity contribution in [3.05, 3.63) is 85.2 Å². The Morgan fingerprint density at radius 3 is 2.75 bits per heavy atom. The summed E-state index contributed by atoms with van der Waals surface area (Å²) >= 11 is 6.69. The summed E-state index contributed by atoms with van der Waals surface area (Å²) in [5.41, 5.74) is 1.05. The molecule has 2 aromatic heterocycles. The molecule has 0 fully saturated rings. The van der Waals surface area contributed by atoms with Crippen molar-refractivity contribution in [3.8, 4) is 11.3 Å². The smallest absolute Gasteiger partial charge is 0.282 e. The first kappa shape index (κ1) is 18.8. The number of furan rings is 1. The van der Waals surface area contributed by atoms with E-state index in [1.165, 1.54) is 23.0 Å². The van der Waals surface area contributed by atoms with Gasteiger partial charge in [-0.1, -0.05) is 15.9 Å². The van der Waals surface area contributed by atoms with Gasteiger partial charge in [-0.2, -0.15) is 9.78 Å². The van der Waals surface area contributed by atoms with Crippen LogP contribution in [0.5, 0.6) is 0 Å². The second-order valence-electron chi connectivity index (χ2n) is 6.01. The first-order chi connectivity index (χ1) is 13.4. The SMILES string of the molecule is Cc1nc2ccc(Br)cc2c(=O)n1N=Cc1ccc(-c2ccc(F)cc2Br)o1. The molecule has 2 aromatic carbocycles. The van der Waals surface area contributed by atoms with E-state index in [4.69, 9.17) is 4.42 Å². The van der Waals surface area contributed by atoms with Crippen LogP contribution in [0.3, 0.4) is 0 Å². The molecule has 0 radical (unpaired) electrons. The summed E-state index contributed by atoms with van der Waals surface area (Å²) in [5.74, 6) is 1.13. The number of nitrogens with zero attached hydrogens (tertiary/aromatic N) is 3. The molecule has 28 heavy (non-hydrogen) atoms. The molecule has 0 saturated heterocycles. The van der Waals surface area contributed by atoms with Crippen LogP contribution in [-0.4, -0.2) is 15.9 Å². The molecule has 4 rings (SSSR count). The standard InChI is InChI=1S/C20H12Br2FN3O2/c1-11-25-18-6-2-12(21)8-16(18)20(27)26(11)24-10-14-4-7-19(28-14)15-5-3-13(23)9-17(15)22/h2-10H,1H3. The van der Waals surface area contributed by atoms with E-state index in [9.17, 15) is 9.18 Å². The Balaban J connectivity index is 1.70. The molecule has 0 unspecified atom stereocenters. The summed E-state index contributed by atoms with van der Waals surface area (Å²) in [7, 11) is 0. The van der Waals surface area contributed by atoms with Crippen LogP contribution in [0.4, 0.5) is 4.39 Å². The van der Waals surface area contributed by atoms with Gasteiger partial charge in [0.05, 0.1) is 17.1 Å². The number of halogens is 3. The lowest BCUT2D eigenvalue weighted by molar-refractivity contribution is 0.573. The van der Waals surface area contributed by atoms with Crippen molar-refractivity contribution in [1.29, 1.82) is 0 Å². The topological polar surface area (TPSA) is 60.4 Å². The van der Waals surface area contributed by atoms with Crippen molar-refractivity contribution in [2.45, 2.75) is 6.92 Å². The first-order valence-electron chi connectivity index (χ1n) is 8.21. The van der Waals surface area contributed by atoms with Crippen molar-refractivity contribution in [2.75, 3.05) is 0 Å². The van der Waals surface area contributed by atoms with Crippen LogP contribution in [0.2, 0.25) is 0 Å². The molecule has 5 nitrogen and oxygen atoms in total. The van der Waals surface area contributed by atoms with Crippen molar-refractivity contribution in [2.24, 2.45) is 5.10 Å². The molecule has 140 valence electrons. The number of aryl methyl sites for hydroxylation is 1. The zero-order valence-corrected chi connectivity index (χ0v) is 17.7. The average molecular weight is 505 g/mol. The van der Waals surface area contributed by atoms with E-state index in [-0.39, 0.29) is 11.4 Å². The van der Waals surface area contributed by atoms with Crippen molar-refractivity contribution in [3.63, 3.8) is 0 Å². The molecule has 0 atom stereocenters. The first-order valence-corrected chi connectivity index (χ1v) is 9.79. The normalized spacial score (nSPS) is 11.6. The highest BCUT2D eigenvalue weighted by molar-refractivity contribution is 9.10. The number of hydrogen-bond donors (Lipinski definition) is 0. The summed E-state index contributed by atoms with van der Waals surface area (Å²) in [5, 5.41) is 4.70. The maximum atomic E-state index is 13.3. The number of hydrogen-bond acceptors (Lipinski definition) is 4. The van der Waals surface area contributed by atoms with Crippen LogP contribution in [0, 0.1) is 12.7 Å². The average Bonchev–Trinajstić information content (AvgIpc) is 3.11. The van der Waals surface area contributed by atoms with Gasteiger partial charge < -0.3 is 4.42 Å². The molecule has 0 bridgehead atoms. The summed E-state index contributed by atoms with van der Waals surface area (Å²) in [4.78, 5) is 17.2. The van der Waals surface area contributed by atoms with Gasteiger partial charge in [-0.05, 0) is 71.4 Å². The van der Waals surface area contributed by atoms with Gasteiger partial charge >= 0.3 is 0 Å². The molecule has 0 saturated carbocycles. The number of benzene rings is 2. The fourth-order valence-corrected chi connectivity index (χ4v) is 3.67. The van der Waals surface area contributed by atoms with Gasteiger partial charge in [0.1, 0.15) is 23.2 Å². The van der Waals surface area contributed by atoms with E-state index < -0.39 is 0 Å². The van der Waals surface area contributed by atoms with Gasteiger partial charge in [-0.25, -0.2) is 9.37 Å².